The van der Waals surface area contributed by atoms with E-state index >= 15 is 0 Å². The Morgan fingerprint density at radius 1 is 1.19 bits per heavy atom. The van der Waals surface area contributed by atoms with Gasteiger partial charge >= 0.3 is 5.97 Å². The first kappa shape index (κ1) is 18.1. The van der Waals surface area contributed by atoms with E-state index in [2.05, 4.69) is 0 Å². The number of hydrogen-bond acceptors (Lipinski definition) is 5. The van der Waals surface area contributed by atoms with Gasteiger partial charge in [-0.05, 0) is 46.0 Å². The molecular weight excluding hydrogens is 272 g/mol. The topological polar surface area (TPSA) is 76.0 Å². The molecule has 0 amide bonds. The third kappa shape index (κ3) is 8.19. The Morgan fingerprint density at radius 3 is 2.38 bits per heavy atom. The van der Waals surface area contributed by atoms with Crippen LogP contribution in [-0.2, 0) is 14.3 Å². The molecule has 1 heterocycles. The molecule has 0 aromatic rings. The number of rotatable bonds is 10. The van der Waals surface area contributed by atoms with Gasteiger partial charge in [0, 0.05) is 6.42 Å². The van der Waals surface area contributed by atoms with Crippen LogP contribution < -0.4 is 0 Å². The van der Waals surface area contributed by atoms with Crippen molar-refractivity contribution in [3.63, 3.8) is 0 Å². The van der Waals surface area contributed by atoms with Crippen molar-refractivity contribution in [2.75, 3.05) is 6.61 Å². The minimum absolute atomic E-state index is 0.0289. The second-order valence-corrected chi connectivity index (χ2v) is 5.60. The van der Waals surface area contributed by atoms with Crippen molar-refractivity contribution in [1.29, 1.82) is 0 Å². The fourth-order valence-corrected chi connectivity index (χ4v) is 2.32. The van der Waals surface area contributed by atoms with E-state index in [0.29, 0.717) is 19.4 Å². The maximum atomic E-state index is 11.2. The molecule has 1 rings (SSSR count). The molecule has 5 heteroatoms. The van der Waals surface area contributed by atoms with Crippen molar-refractivity contribution in [2.45, 2.75) is 76.8 Å². The maximum Gasteiger partial charge on any atom is 0.305 e. The second kappa shape index (κ2) is 9.92. The number of aliphatic hydroxyl groups excluding tert-OH is 2. The number of aliphatic hydroxyl groups is 2. The Bertz CT molecular complexity index is 327. The van der Waals surface area contributed by atoms with Gasteiger partial charge in [-0.3, -0.25) is 4.79 Å². The molecule has 0 aromatic heterocycles. The molecule has 0 aliphatic carbocycles. The zero-order valence-corrected chi connectivity index (χ0v) is 13.0. The van der Waals surface area contributed by atoms with Crippen LogP contribution in [0, 0.1) is 0 Å². The predicted octanol–water partition coefficient (Wildman–Crippen LogP) is 1.96. The summed E-state index contributed by atoms with van der Waals surface area (Å²) in [6.45, 7) is 3.92. The van der Waals surface area contributed by atoms with Crippen LogP contribution in [-0.4, -0.2) is 47.2 Å². The highest BCUT2D eigenvalue weighted by atomic mass is 16.5. The van der Waals surface area contributed by atoms with Crippen LogP contribution in [0.2, 0.25) is 0 Å². The van der Waals surface area contributed by atoms with Gasteiger partial charge in [0.25, 0.3) is 0 Å². The molecule has 0 radical (unpaired) electrons. The molecule has 0 fully saturated rings. The molecule has 2 N–H and O–H groups in total. The van der Waals surface area contributed by atoms with Gasteiger partial charge in [0.05, 0.1) is 31.0 Å². The summed E-state index contributed by atoms with van der Waals surface area (Å²) >= 11 is 0. The molecule has 1 aliphatic rings. The average Bonchev–Trinajstić information content (AvgIpc) is 2.89. The summed E-state index contributed by atoms with van der Waals surface area (Å²) in [7, 11) is 0. The molecule has 21 heavy (non-hydrogen) atoms. The van der Waals surface area contributed by atoms with Crippen LogP contribution in [0.15, 0.2) is 12.2 Å². The summed E-state index contributed by atoms with van der Waals surface area (Å²) in [6.07, 6.45) is 6.93. The lowest BCUT2D eigenvalue weighted by molar-refractivity contribution is -0.143. The highest BCUT2D eigenvalue weighted by molar-refractivity contribution is 5.69. The molecule has 5 nitrogen and oxygen atoms in total. The molecule has 0 saturated heterocycles. The van der Waals surface area contributed by atoms with E-state index in [9.17, 15) is 15.0 Å². The lowest BCUT2D eigenvalue weighted by Crippen LogP contribution is -2.17. The zero-order valence-electron chi connectivity index (χ0n) is 13.0. The quantitative estimate of drug-likeness (QED) is 0.476. The molecule has 122 valence electrons. The number of carbonyl (C=O) groups excluding carboxylic acids is 1. The van der Waals surface area contributed by atoms with Crippen molar-refractivity contribution < 1.29 is 24.5 Å². The summed E-state index contributed by atoms with van der Waals surface area (Å²) in [6, 6.07) is 0. The second-order valence-electron chi connectivity index (χ2n) is 5.60. The standard InChI is InChI=1S/C16H28O5/c1-3-20-16(19)11-6-13(18)5-8-15-10-9-14(21-15)7-4-12(2)17/h9-10,12-15,17-18H,3-8,11H2,1-2H3. The van der Waals surface area contributed by atoms with Crippen molar-refractivity contribution in [3.8, 4) is 0 Å². The summed E-state index contributed by atoms with van der Waals surface area (Å²) in [5, 5.41) is 19.1. The summed E-state index contributed by atoms with van der Waals surface area (Å²) in [4.78, 5) is 11.2. The Hall–Kier alpha value is -0.910. The molecule has 0 aromatic carbocycles. The van der Waals surface area contributed by atoms with Crippen LogP contribution in [0.1, 0.15) is 52.4 Å². The van der Waals surface area contributed by atoms with Crippen LogP contribution >= 0.6 is 0 Å². The van der Waals surface area contributed by atoms with E-state index in [1.54, 1.807) is 13.8 Å². The normalized spacial score (nSPS) is 24.0. The third-order valence-corrected chi connectivity index (χ3v) is 3.53. The number of hydrogen-bond donors (Lipinski definition) is 2. The molecule has 4 unspecified atom stereocenters. The minimum Gasteiger partial charge on any atom is -0.466 e. The highest BCUT2D eigenvalue weighted by Gasteiger charge is 2.20. The summed E-state index contributed by atoms with van der Waals surface area (Å²) in [5.74, 6) is -0.258. The van der Waals surface area contributed by atoms with Crippen molar-refractivity contribution >= 4 is 5.97 Å². The number of esters is 1. The van der Waals surface area contributed by atoms with Crippen molar-refractivity contribution in [3.05, 3.63) is 12.2 Å². The highest BCUT2D eigenvalue weighted by Crippen LogP contribution is 2.21. The molecule has 0 spiro atoms. The minimum atomic E-state index is -0.497. The van der Waals surface area contributed by atoms with Crippen molar-refractivity contribution in [1.82, 2.24) is 0 Å². The van der Waals surface area contributed by atoms with Gasteiger partial charge in [0.15, 0.2) is 0 Å². The van der Waals surface area contributed by atoms with E-state index in [1.807, 2.05) is 12.2 Å². The van der Waals surface area contributed by atoms with E-state index in [0.717, 1.165) is 19.3 Å². The van der Waals surface area contributed by atoms with Gasteiger partial charge in [-0.1, -0.05) is 12.2 Å². The van der Waals surface area contributed by atoms with Gasteiger partial charge in [-0.2, -0.15) is 0 Å². The summed E-state index contributed by atoms with van der Waals surface area (Å²) in [5.41, 5.74) is 0. The first-order valence-corrected chi connectivity index (χ1v) is 7.86. The average molecular weight is 300 g/mol. The van der Waals surface area contributed by atoms with Gasteiger partial charge in [0.2, 0.25) is 0 Å². The molecule has 4 atom stereocenters. The maximum absolute atomic E-state index is 11.2. The monoisotopic (exact) mass is 300 g/mol. The number of carbonyl (C=O) groups is 1. The fourth-order valence-electron chi connectivity index (χ4n) is 2.32. The van der Waals surface area contributed by atoms with Crippen LogP contribution in [0.5, 0.6) is 0 Å². The third-order valence-electron chi connectivity index (χ3n) is 3.53. The van der Waals surface area contributed by atoms with Gasteiger partial charge in [0.1, 0.15) is 0 Å². The van der Waals surface area contributed by atoms with Crippen LogP contribution in [0.3, 0.4) is 0 Å². The van der Waals surface area contributed by atoms with Crippen LogP contribution in [0.4, 0.5) is 0 Å². The first-order valence-electron chi connectivity index (χ1n) is 7.86. The summed E-state index contributed by atoms with van der Waals surface area (Å²) < 4.78 is 10.6. The Kier molecular flexibility index (Phi) is 8.57. The lowest BCUT2D eigenvalue weighted by atomic mass is 10.1. The molecular formula is C16H28O5. The molecule has 0 saturated carbocycles. The van der Waals surface area contributed by atoms with Crippen molar-refractivity contribution in [2.24, 2.45) is 0 Å². The van der Waals surface area contributed by atoms with E-state index in [1.165, 1.54) is 0 Å². The van der Waals surface area contributed by atoms with Gasteiger partial charge < -0.3 is 19.7 Å². The van der Waals surface area contributed by atoms with Crippen LogP contribution in [0.25, 0.3) is 0 Å². The van der Waals surface area contributed by atoms with Gasteiger partial charge in [-0.15, -0.1) is 0 Å². The largest absolute Gasteiger partial charge is 0.466 e. The Labute approximate surface area is 126 Å². The first-order chi connectivity index (χ1) is 10.0. The smallest absolute Gasteiger partial charge is 0.305 e. The number of ether oxygens (including phenoxy) is 2. The molecule has 1 aliphatic heterocycles. The lowest BCUT2D eigenvalue weighted by Gasteiger charge is -2.16. The van der Waals surface area contributed by atoms with E-state index in [4.69, 9.17) is 9.47 Å². The van der Waals surface area contributed by atoms with E-state index in [-0.39, 0.29) is 30.7 Å². The van der Waals surface area contributed by atoms with E-state index < -0.39 is 6.10 Å². The Morgan fingerprint density at radius 2 is 1.81 bits per heavy atom. The molecule has 0 bridgehead atoms. The SMILES string of the molecule is CCOC(=O)CCC(O)CCC1C=CC(CCC(C)O)O1. The zero-order chi connectivity index (χ0) is 15.7. The fraction of sp³-hybridized carbons (Fsp3) is 0.812. The predicted molar refractivity (Wildman–Crippen MR) is 79.8 cm³/mol. The Balaban J connectivity index is 2.10. The van der Waals surface area contributed by atoms with Gasteiger partial charge in [-0.25, -0.2) is 0 Å².